The van der Waals surface area contributed by atoms with Crippen LogP contribution in [0.25, 0.3) is 0 Å². The Morgan fingerprint density at radius 3 is 2.83 bits per heavy atom. The zero-order chi connectivity index (χ0) is 20.6. The molecule has 0 aromatic heterocycles. The fraction of sp³-hybridized carbons (Fsp3) is 0.333. The first-order chi connectivity index (χ1) is 14.1. The molecular weight excluding hydrogens is 396 g/mol. The highest BCUT2D eigenvalue weighted by Crippen LogP contribution is 2.36. The summed E-state index contributed by atoms with van der Waals surface area (Å²) in [6.07, 6.45) is 1.55. The highest BCUT2D eigenvalue weighted by Gasteiger charge is 2.27. The van der Waals surface area contributed by atoms with Crippen molar-refractivity contribution in [1.82, 2.24) is 5.43 Å². The number of amides is 1. The van der Waals surface area contributed by atoms with E-state index >= 15 is 0 Å². The topological polar surface area (TPSA) is 78.4 Å². The minimum atomic E-state index is -0.783. The van der Waals surface area contributed by atoms with E-state index in [0.717, 1.165) is 6.42 Å². The minimum Gasteiger partial charge on any atom is -0.490 e. The zero-order valence-electron chi connectivity index (χ0n) is 16.3. The van der Waals surface area contributed by atoms with Crippen LogP contribution in [0.2, 0.25) is 5.02 Å². The van der Waals surface area contributed by atoms with Crippen LogP contribution >= 0.6 is 11.6 Å². The lowest BCUT2D eigenvalue weighted by atomic mass is 10.2. The summed E-state index contributed by atoms with van der Waals surface area (Å²) in [5.41, 5.74) is 3.12. The maximum absolute atomic E-state index is 12.3. The Morgan fingerprint density at radius 2 is 2.07 bits per heavy atom. The number of hydrogen-bond donors (Lipinski definition) is 1. The molecule has 1 atom stereocenters. The van der Waals surface area contributed by atoms with Gasteiger partial charge in [0.05, 0.1) is 24.5 Å². The Balaban J connectivity index is 1.64. The third kappa shape index (κ3) is 5.32. The van der Waals surface area contributed by atoms with Crippen molar-refractivity contribution in [2.45, 2.75) is 26.4 Å². The Morgan fingerprint density at radius 1 is 1.28 bits per heavy atom. The molecule has 1 aliphatic rings. The van der Waals surface area contributed by atoms with E-state index in [9.17, 15) is 4.79 Å². The van der Waals surface area contributed by atoms with Crippen LogP contribution in [0.3, 0.4) is 0 Å². The highest BCUT2D eigenvalue weighted by molar-refractivity contribution is 6.32. The molecule has 2 aromatic rings. The van der Waals surface area contributed by atoms with Crippen molar-refractivity contribution >= 4 is 23.7 Å². The van der Waals surface area contributed by atoms with E-state index in [0.29, 0.717) is 46.8 Å². The molecule has 0 bridgehead atoms. The standard InChI is InChI=1S/C21H23ClN2O5/c1-3-9-27-20-15(22)10-14(11-18(20)26-4-2)12-23-24-21(25)19-13-28-16-7-5-6-8-17(16)29-19/h5-8,10-12,19H,3-4,9,13H2,1-2H3,(H,24,25)/b23-12+. The number of fused-ring (bicyclic) bond motifs is 1. The molecule has 0 spiro atoms. The summed E-state index contributed by atoms with van der Waals surface area (Å²) >= 11 is 6.33. The van der Waals surface area contributed by atoms with Gasteiger partial charge in [-0.3, -0.25) is 4.79 Å². The van der Waals surface area contributed by atoms with Crippen molar-refractivity contribution in [2.75, 3.05) is 19.8 Å². The van der Waals surface area contributed by atoms with E-state index in [1.807, 2.05) is 26.0 Å². The van der Waals surface area contributed by atoms with Gasteiger partial charge in [-0.15, -0.1) is 0 Å². The lowest BCUT2D eigenvalue weighted by Crippen LogP contribution is -2.42. The zero-order valence-corrected chi connectivity index (χ0v) is 17.1. The number of halogens is 1. The van der Waals surface area contributed by atoms with Gasteiger partial charge in [-0.2, -0.15) is 5.10 Å². The second-order valence-corrected chi connectivity index (χ2v) is 6.62. The number of para-hydroxylation sites is 2. The van der Waals surface area contributed by atoms with Crippen molar-refractivity contribution in [3.05, 3.63) is 47.0 Å². The van der Waals surface area contributed by atoms with Crippen LogP contribution in [0.5, 0.6) is 23.0 Å². The molecule has 0 saturated carbocycles. The van der Waals surface area contributed by atoms with Gasteiger partial charge in [0.1, 0.15) is 6.61 Å². The number of benzene rings is 2. The summed E-state index contributed by atoms with van der Waals surface area (Å²) in [4.78, 5) is 12.3. The van der Waals surface area contributed by atoms with Crippen LogP contribution in [-0.2, 0) is 4.79 Å². The monoisotopic (exact) mass is 418 g/mol. The van der Waals surface area contributed by atoms with Crippen LogP contribution in [0.15, 0.2) is 41.5 Å². The highest BCUT2D eigenvalue weighted by atomic mass is 35.5. The summed E-state index contributed by atoms with van der Waals surface area (Å²) in [6, 6.07) is 10.6. The number of hydrogen-bond acceptors (Lipinski definition) is 6. The van der Waals surface area contributed by atoms with Gasteiger partial charge in [0.15, 0.2) is 23.0 Å². The molecule has 154 valence electrons. The number of hydrazone groups is 1. The van der Waals surface area contributed by atoms with Gasteiger partial charge in [-0.05, 0) is 43.2 Å². The van der Waals surface area contributed by atoms with Gasteiger partial charge >= 0.3 is 0 Å². The first-order valence-corrected chi connectivity index (χ1v) is 9.80. The van der Waals surface area contributed by atoms with Gasteiger partial charge < -0.3 is 18.9 Å². The maximum atomic E-state index is 12.3. The van der Waals surface area contributed by atoms with Crippen molar-refractivity contribution in [3.8, 4) is 23.0 Å². The molecule has 0 fully saturated rings. The number of nitrogens with zero attached hydrogens (tertiary/aromatic N) is 1. The van der Waals surface area contributed by atoms with E-state index in [4.69, 9.17) is 30.5 Å². The first-order valence-electron chi connectivity index (χ1n) is 9.42. The Kier molecular flexibility index (Phi) is 7.19. The van der Waals surface area contributed by atoms with E-state index in [1.165, 1.54) is 6.21 Å². The van der Waals surface area contributed by atoms with Crippen molar-refractivity contribution in [2.24, 2.45) is 5.10 Å². The van der Waals surface area contributed by atoms with Crippen LogP contribution in [0, 0.1) is 0 Å². The quantitative estimate of drug-likeness (QED) is 0.521. The van der Waals surface area contributed by atoms with E-state index in [2.05, 4.69) is 10.5 Å². The van der Waals surface area contributed by atoms with Gasteiger partial charge in [0.2, 0.25) is 6.10 Å². The predicted octanol–water partition coefficient (Wildman–Crippen LogP) is 3.82. The van der Waals surface area contributed by atoms with Crippen molar-refractivity contribution < 1.29 is 23.7 Å². The SMILES string of the molecule is CCCOc1c(Cl)cc(/C=N/NC(=O)C2COc3ccccc3O2)cc1OCC. The van der Waals surface area contributed by atoms with E-state index in [1.54, 1.807) is 24.3 Å². The van der Waals surface area contributed by atoms with Crippen LogP contribution in [0.4, 0.5) is 0 Å². The molecule has 0 radical (unpaired) electrons. The smallest absolute Gasteiger partial charge is 0.284 e. The number of rotatable bonds is 8. The third-order valence-corrected chi connectivity index (χ3v) is 4.25. The Hall–Kier alpha value is -2.93. The second-order valence-electron chi connectivity index (χ2n) is 6.21. The molecule has 1 amide bonds. The molecular formula is C21H23ClN2O5. The molecule has 1 aliphatic heterocycles. The van der Waals surface area contributed by atoms with Gasteiger partial charge in [-0.25, -0.2) is 5.43 Å². The van der Waals surface area contributed by atoms with E-state index in [-0.39, 0.29) is 6.61 Å². The third-order valence-electron chi connectivity index (χ3n) is 3.97. The van der Waals surface area contributed by atoms with Gasteiger partial charge in [0, 0.05) is 0 Å². The van der Waals surface area contributed by atoms with Gasteiger partial charge in [-0.1, -0.05) is 30.7 Å². The average molecular weight is 419 g/mol. The fourth-order valence-corrected chi connectivity index (χ4v) is 2.93. The Bertz CT molecular complexity index is 887. The molecule has 0 aliphatic carbocycles. The van der Waals surface area contributed by atoms with Crippen LogP contribution < -0.4 is 24.4 Å². The second kappa shape index (κ2) is 10.0. The molecule has 1 heterocycles. The van der Waals surface area contributed by atoms with Crippen molar-refractivity contribution in [1.29, 1.82) is 0 Å². The molecule has 7 nitrogen and oxygen atoms in total. The molecule has 29 heavy (non-hydrogen) atoms. The molecule has 3 rings (SSSR count). The lowest BCUT2D eigenvalue weighted by Gasteiger charge is -2.24. The Labute approximate surface area is 174 Å². The molecule has 1 unspecified atom stereocenters. The summed E-state index contributed by atoms with van der Waals surface area (Å²) in [5, 5.41) is 4.41. The van der Waals surface area contributed by atoms with Crippen molar-refractivity contribution in [3.63, 3.8) is 0 Å². The first kappa shape index (κ1) is 20.8. The molecule has 0 saturated heterocycles. The summed E-state index contributed by atoms with van der Waals surface area (Å²) < 4.78 is 22.5. The fourth-order valence-electron chi connectivity index (χ4n) is 2.66. The summed E-state index contributed by atoms with van der Waals surface area (Å²) in [7, 11) is 0. The van der Waals surface area contributed by atoms with Crippen LogP contribution in [0.1, 0.15) is 25.8 Å². The number of carbonyl (C=O) groups is 1. The molecule has 1 N–H and O–H groups in total. The average Bonchev–Trinajstić information content (AvgIpc) is 2.73. The lowest BCUT2D eigenvalue weighted by molar-refractivity contribution is -0.130. The number of ether oxygens (including phenoxy) is 4. The minimum absolute atomic E-state index is 0.113. The number of carbonyl (C=O) groups excluding carboxylic acids is 1. The predicted molar refractivity (Wildman–Crippen MR) is 110 cm³/mol. The number of nitrogens with one attached hydrogen (secondary N) is 1. The molecule has 2 aromatic carbocycles. The summed E-state index contributed by atoms with van der Waals surface area (Å²) in [5.74, 6) is 1.77. The van der Waals surface area contributed by atoms with E-state index < -0.39 is 12.0 Å². The normalized spacial score (nSPS) is 15.2. The maximum Gasteiger partial charge on any atom is 0.284 e. The molecule has 8 heteroatoms. The van der Waals surface area contributed by atoms with Gasteiger partial charge in [0.25, 0.3) is 5.91 Å². The largest absolute Gasteiger partial charge is 0.490 e. The summed E-state index contributed by atoms with van der Waals surface area (Å²) in [6.45, 7) is 5.01. The van der Waals surface area contributed by atoms with Crippen LogP contribution in [-0.4, -0.2) is 38.0 Å².